The lowest BCUT2D eigenvalue weighted by atomic mass is 10.0. The molecular formula is C22H26ClN3O2. The Morgan fingerprint density at radius 1 is 1.14 bits per heavy atom. The molecule has 2 aromatic rings. The normalized spacial score (nSPS) is 22.1. The molecule has 0 aliphatic carbocycles. The van der Waals surface area contributed by atoms with Crippen molar-refractivity contribution in [3.8, 4) is 5.75 Å². The first-order valence-corrected chi connectivity index (χ1v) is 10.4. The average Bonchev–Trinajstić information content (AvgIpc) is 3.20. The Morgan fingerprint density at radius 2 is 2.00 bits per heavy atom. The van der Waals surface area contributed by atoms with Gasteiger partial charge < -0.3 is 20.3 Å². The van der Waals surface area contributed by atoms with Crippen LogP contribution in [0.5, 0.6) is 5.75 Å². The van der Waals surface area contributed by atoms with Gasteiger partial charge in [0.15, 0.2) is 0 Å². The molecule has 0 saturated carbocycles. The molecule has 4 rings (SSSR count). The van der Waals surface area contributed by atoms with Gasteiger partial charge in [0.05, 0.1) is 17.6 Å². The van der Waals surface area contributed by atoms with Gasteiger partial charge in [0.1, 0.15) is 11.9 Å². The van der Waals surface area contributed by atoms with Gasteiger partial charge in [-0.3, -0.25) is 4.79 Å². The second-order valence-corrected chi connectivity index (χ2v) is 7.85. The topological polar surface area (TPSA) is 53.6 Å². The van der Waals surface area contributed by atoms with Crippen LogP contribution in [0.25, 0.3) is 0 Å². The number of hydrogen-bond acceptors (Lipinski definition) is 4. The molecule has 28 heavy (non-hydrogen) atoms. The van der Waals surface area contributed by atoms with Crippen LogP contribution in [0.15, 0.2) is 48.5 Å². The first kappa shape index (κ1) is 19.1. The molecule has 0 spiro atoms. The van der Waals surface area contributed by atoms with Crippen molar-refractivity contribution in [3.63, 3.8) is 0 Å². The highest BCUT2D eigenvalue weighted by molar-refractivity contribution is 6.32. The molecule has 148 valence electrons. The third-order valence-electron chi connectivity index (χ3n) is 5.39. The third-order valence-corrected chi connectivity index (χ3v) is 5.68. The summed E-state index contributed by atoms with van der Waals surface area (Å²) in [7, 11) is 0. The van der Waals surface area contributed by atoms with E-state index in [0.29, 0.717) is 16.5 Å². The lowest BCUT2D eigenvalue weighted by Gasteiger charge is -2.22. The minimum atomic E-state index is -0.120. The highest BCUT2D eigenvalue weighted by Gasteiger charge is 2.25. The summed E-state index contributed by atoms with van der Waals surface area (Å²) in [5.74, 6) is 0.661. The number of anilines is 2. The van der Waals surface area contributed by atoms with Crippen LogP contribution in [0.1, 0.15) is 25.7 Å². The van der Waals surface area contributed by atoms with Crippen LogP contribution in [-0.2, 0) is 4.79 Å². The molecule has 0 unspecified atom stereocenters. The molecule has 0 aromatic heterocycles. The smallest absolute Gasteiger partial charge is 0.241 e. The van der Waals surface area contributed by atoms with Gasteiger partial charge in [0.25, 0.3) is 0 Å². The molecular weight excluding hydrogens is 374 g/mol. The molecule has 0 bridgehead atoms. The van der Waals surface area contributed by atoms with Gasteiger partial charge in [-0.1, -0.05) is 36.2 Å². The molecule has 2 N–H and O–H groups in total. The van der Waals surface area contributed by atoms with Crippen molar-refractivity contribution in [1.82, 2.24) is 5.32 Å². The predicted octanol–water partition coefficient (Wildman–Crippen LogP) is 4.08. The van der Waals surface area contributed by atoms with Crippen LogP contribution in [-0.4, -0.2) is 37.7 Å². The van der Waals surface area contributed by atoms with E-state index >= 15 is 0 Å². The van der Waals surface area contributed by atoms with Crippen LogP contribution in [0.2, 0.25) is 5.02 Å². The number of piperidine rings is 1. The summed E-state index contributed by atoms with van der Waals surface area (Å²) in [5, 5.41) is 6.73. The summed E-state index contributed by atoms with van der Waals surface area (Å²) < 4.78 is 6.14. The number of nitrogens with zero attached hydrogens (tertiary/aromatic N) is 1. The number of carbonyl (C=O) groups is 1. The lowest BCUT2D eigenvalue weighted by molar-refractivity contribution is -0.118. The van der Waals surface area contributed by atoms with Crippen molar-refractivity contribution in [2.75, 3.05) is 29.9 Å². The minimum Gasteiger partial charge on any atom is -0.487 e. The van der Waals surface area contributed by atoms with Crippen molar-refractivity contribution >= 4 is 28.9 Å². The molecule has 2 heterocycles. The summed E-state index contributed by atoms with van der Waals surface area (Å²) in [6, 6.07) is 15.7. The number of hydrogen-bond donors (Lipinski definition) is 2. The zero-order chi connectivity index (χ0) is 19.3. The molecule has 2 aliphatic rings. The number of ether oxygens (including phenoxy) is 1. The van der Waals surface area contributed by atoms with Gasteiger partial charge in [-0.15, -0.1) is 0 Å². The number of carbonyl (C=O) groups excluding carboxylic acids is 1. The monoisotopic (exact) mass is 399 g/mol. The number of amides is 1. The van der Waals surface area contributed by atoms with E-state index in [1.54, 1.807) is 6.07 Å². The Kier molecular flexibility index (Phi) is 6.03. The lowest BCUT2D eigenvalue weighted by Crippen LogP contribution is -2.43. The molecule has 0 radical (unpaired) electrons. The second-order valence-electron chi connectivity index (χ2n) is 7.45. The maximum absolute atomic E-state index is 12.4. The van der Waals surface area contributed by atoms with E-state index in [1.165, 1.54) is 5.69 Å². The van der Waals surface area contributed by atoms with Crippen molar-refractivity contribution in [2.24, 2.45) is 0 Å². The maximum atomic E-state index is 12.4. The number of rotatable bonds is 5. The fourth-order valence-electron chi connectivity index (χ4n) is 3.86. The van der Waals surface area contributed by atoms with Gasteiger partial charge >= 0.3 is 0 Å². The van der Waals surface area contributed by atoms with Crippen LogP contribution in [0.3, 0.4) is 0 Å². The quantitative estimate of drug-likeness (QED) is 0.795. The summed E-state index contributed by atoms with van der Waals surface area (Å²) >= 11 is 6.42. The van der Waals surface area contributed by atoms with Gasteiger partial charge in [-0.25, -0.2) is 0 Å². The zero-order valence-electron chi connectivity index (χ0n) is 15.9. The molecule has 6 heteroatoms. The Bertz CT molecular complexity index is 809. The average molecular weight is 400 g/mol. The van der Waals surface area contributed by atoms with Crippen LogP contribution in [0, 0.1) is 0 Å². The zero-order valence-corrected chi connectivity index (χ0v) is 16.6. The fraction of sp³-hybridized carbons (Fsp3) is 0.409. The highest BCUT2D eigenvalue weighted by atomic mass is 35.5. The third kappa shape index (κ3) is 4.59. The first-order chi connectivity index (χ1) is 13.7. The highest BCUT2D eigenvalue weighted by Crippen LogP contribution is 2.31. The van der Waals surface area contributed by atoms with Crippen LogP contribution < -0.4 is 20.3 Å². The van der Waals surface area contributed by atoms with Crippen LogP contribution in [0.4, 0.5) is 11.4 Å². The van der Waals surface area contributed by atoms with E-state index < -0.39 is 0 Å². The fourth-order valence-corrected chi connectivity index (χ4v) is 4.08. The van der Waals surface area contributed by atoms with Crippen molar-refractivity contribution in [2.45, 2.75) is 37.8 Å². The molecule has 2 aliphatic heterocycles. The second kappa shape index (κ2) is 8.84. The van der Waals surface area contributed by atoms with Crippen LogP contribution >= 0.6 is 11.6 Å². The standard InChI is InChI=1S/C22H26ClN3O2/c23-19-14-16(25-22(27)20-8-4-5-12-24-20)9-10-21(19)28-18-11-13-26(15-18)17-6-2-1-3-7-17/h1-3,6-7,9-10,14,18,20,24H,4-5,8,11-13,15H2,(H,25,27)/t18-,20+/m0/s1. The van der Waals surface area contributed by atoms with Gasteiger partial charge in [0, 0.05) is 24.3 Å². The van der Waals surface area contributed by atoms with Crippen molar-refractivity contribution in [3.05, 3.63) is 53.6 Å². The number of halogens is 1. The summed E-state index contributed by atoms with van der Waals surface area (Å²) in [6.07, 6.45) is 4.15. The van der Waals surface area contributed by atoms with Gasteiger partial charge in [-0.05, 0) is 49.7 Å². The summed E-state index contributed by atoms with van der Waals surface area (Å²) in [4.78, 5) is 14.7. The molecule has 2 aromatic carbocycles. The Hall–Kier alpha value is -2.24. The Labute approximate surface area is 171 Å². The van der Waals surface area contributed by atoms with E-state index in [9.17, 15) is 4.79 Å². The summed E-state index contributed by atoms with van der Waals surface area (Å²) in [5.41, 5.74) is 1.92. The Morgan fingerprint density at radius 3 is 2.75 bits per heavy atom. The molecule has 1 amide bonds. The molecule has 5 nitrogen and oxygen atoms in total. The van der Waals surface area contributed by atoms with E-state index in [1.807, 2.05) is 18.2 Å². The van der Waals surface area contributed by atoms with Gasteiger partial charge in [0.2, 0.25) is 5.91 Å². The first-order valence-electron chi connectivity index (χ1n) is 9.99. The SMILES string of the molecule is O=C(Nc1ccc(O[C@H]2CCN(c3ccccc3)C2)c(Cl)c1)[C@H]1CCCCN1. The largest absolute Gasteiger partial charge is 0.487 e. The Balaban J connectivity index is 1.34. The van der Waals surface area contributed by atoms with Gasteiger partial charge in [-0.2, -0.15) is 0 Å². The predicted molar refractivity (Wildman–Crippen MR) is 113 cm³/mol. The van der Waals surface area contributed by atoms with E-state index in [2.05, 4.69) is 39.8 Å². The number of nitrogens with one attached hydrogen (secondary N) is 2. The van der Waals surface area contributed by atoms with Crippen molar-refractivity contribution < 1.29 is 9.53 Å². The molecule has 2 fully saturated rings. The van der Waals surface area contributed by atoms with E-state index in [4.69, 9.17) is 16.3 Å². The number of benzene rings is 2. The minimum absolute atomic E-state index is 0.00118. The van der Waals surface area contributed by atoms with Crippen molar-refractivity contribution in [1.29, 1.82) is 0 Å². The van der Waals surface area contributed by atoms with E-state index in [0.717, 1.165) is 45.3 Å². The summed E-state index contributed by atoms with van der Waals surface area (Å²) in [6.45, 7) is 2.70. The molecule has 2 saturated heterocycles. The number of para-hydroxylation sites is 1. The molecule has 2 atom stereocenters. The maximum Gasteiger partial charge on any atom is 0.241 e. The van der Waals surface area contributed by atoms with E-state index in [-0.39, 0.29) is 18.1 Å².